The third-order valence-electron chi connectivity index (χ3n) is 4.27. The standard InChI is InChI=1S/C24H19BrO5/c1-28-22-14-8-18(15-23(22)29-2)24(27)30-20-11-3-16(4-12-20)5-13-21(26)17-6-9-19(25)10-7-17/h3-15H,1-2H3/b13-5+. The van der Waals surface area contributed by atoms with E-state index in [0.29, 0.717) is 28.4 Å². The van der Waals surface area contributed by atoms with Crippen molar-refractivity contribution >= 4 is 33.8 Å². The van der Waals surface area contributed by atoms with E-state index in [4.69, 9.17) is 14.2 Å². The van der Waals surface area contributed by atoms with Gasteiger partial charge in [0.1, 0.15) is 5.75 Å². The second-order valence-electron chi connectivity index (χ2n) is 6.23. The number of hydrogen-bond donors (Lipinski definition) is 0. The second-order valence-corrected chi connectivity index (χ2v) is 7.15. The first kappa shape index (κ1) is 21.3. The smallest absolute Gasteiger partial charge is 0.343 e. The average Bonchev–Trinajstić information content (AvgIpc) is 2.78. The van der Waals surface area contributed by atoms with Gasteiger partial charge in [0.15, 0.2) is 17.3 Å². The van der Waals surface area contributed by atoms with Crippen LogP contribution in [0.2, 0.25) is 0 Å². The first-order valence-electron chi connectivity index (χ1n) is 9.02. The highest BCUT2D eigenvalue weighted by Gasteiger charge is 2.13. The van der Waals surface area contributed by atoms with E-state index in [0.717, 1.165) is 10.0 Å². The molecular formula is C24H19BrO5. The van der Waals surface area contributed by atoms with Crippen LogP contribution in [0.4, 0.5) is 0 Å². The van der Waals surface area contributed by atoms with Crippen molar-refractivity contribution in [2.75, 3.05) is 14.2 Å². The average molecular weight is 467 g/mol. The van der Waals surface area contributed by atoms with Gasteiger partial charge in [-0.25, -0.2) is 4.79 Å². The van der Waals surface area contributed by atoms with Gasteiger partial charge in [-0.15, -0.1) is 0 Å². The summed E-state index contributed by atoms with van der Waals surface area (Å²) in [5.74, 6) is 0.771. The minimum Gasteiger partial charge on any atom is -0.493 e. The molecule has 3 aromatic rings. The molecule has 0 aliphatic rings. The lowest BCUT2D eigenvalue weighted by Crippen LogP contribution is -2.08. The predicted octanol–water partition coefficient (Wildman–Crippen LogP) is 5.58. The largest absolute Gasteiger partial charge is 0.493 e. The van der Waals surface area contributed by atoms with Gasteiger partial charge >= 0.3 is 5.97 Å². The molecule has 0 fully saturated rings. The van der Waals surface area contributed by atoms with Gasteiger partial charge < -0.3 is 14.2 Å². The van der Waals surface area contributed by atoms with E-state index < -0.39 is 5.97 Å². The highest BCUT2D eigenvalue weighted by atomic mass is 79.9. The molecule has 0 unspecified atom stereocenters. The van der Waals surface area contributed by atoms with E-state index in [1.165, 1.54) is 20.3 Å². The Morgan fingerprint density at radius 1 is 0.800 bits per heavy atom. The highest BCUT2D eigenvalue weighted by Crippen LogP contribution is 2.28. The van der Waals surface area contributed by atoms with Crippen LogP contribution < -0.4 is 14.2 Å². The molecule has 3 rings (SSSR count). The molecule has 5 nitrogen and oxygen atoms in total. The molecule has 0 aliphatic carbocycles. The van der Waals surface area contributed by atoms with Crippen molar-refractivity contribution in [2.24, 2.45) is 0 Å². The van der Waals surface area contributed by atoms with Crippen molar-refractivity contribution in [3.05, 3.63) is 94.0 Å². The van der Waals surface area contributed by atoms with Crippen LogP contribution in [-0.2, 0) is 0 Å². The molecule has 0 radical (unpaired) electrons. The zero-order valence-electron chi connectivity index (χ0n) is 16.4. The topological polar surface area (TPSA) is 61.8 Å². The van der Waals surface area contributed by atoms with Crippen LogP contribution in [0.1, 0.15) is 26.3 Å². The van der Waals surface area contributed by atoms with Crippen molar-refractivity contribution in [3.8, 4) is 17.2 Å². The molecule has 0 aromatic heterocycles. The third kappa shape index (κ3) is 5.36. The third-order valence-corrected chi connectivity index (χ3v) is 4.79. The van der Waals surface area contributed by atoms with Crippen LogP contribution in [0, 0.1) is 0 Å². The molecule has 0 aliphatic heterocycles. The quantitative estimate of drug-likeness (QED) is 0.197. The van der Waals surface area contributed by atoms with Crippen molar-refractivity contribution < 1.29 is 23.8 Å². The molecule has 6 heteroatoms. The molecule has 0 amide bonds. The number of benzene rings is 3. The lowest BCUT2D eigenvalue weighted by atomic mass is 10.1. The van der Waals surface area contributed by atoms with Crippen molar-refractivity contribution in [2.45, 2.75) is 0 Å². The summed E-state index contributed by atoms with van der Waals surface area (Å²) in [5, 5.41) is 0. The summed E-state index contributed by atoms with van der Waals surface area (Å²) in [5.41, 5.74) is 1.76. The molecule has 3 aromatic carbocycles. The number of allylic oxidation sites excluding steroid dienone is 1. The molecular weight excluding hydrogens is 448 g/mol. The van der Waals surface area contributed by atoms with E-state index >= 15 is 0 Å². The number of hydrogen-bond acceptors (Lipinski definition) is 5. The fraction of sp³-hybridized carbons (Fsp3) is 0.0833. The zero-order valence-corrected chi connectivity index (χ0v) is 18.0. The van der Waals surface area contributed by atoms with Gasteiger partial charge in [0.2, 0.25) is 0 Å². The molecule has 0 bridgehead atoms. The Bertz CT molecular complexity index is 1070. The fourth-order valence-corrected chi connectivity index (χ4v) is 2.92. The van der Waals surface area contributed by atoms with E-state index in [2.05, 4.69) is 15.9 Å². The van der Waals surface area contributed by atoms with Crippen molar-refractivity contribution in [3.63, 3.8) is 0 Å². The maximum Gasteiger partial charge on any atom is 0.343 e. The summed E-state index contributed by atoms with van der Waals surface area (Å²) in [6, 6.07) is 18.8. The Hall–Kier alpha value is -3.38. The predicted molar refractivity (Wildman–Crippen MR) is 118 cm³/mol. The summed E-state index contributed by atoms with van der Waals surface area (Å²) < 4.78 is 16.7. The Balaban J connectivity index is 1.65. The van der Waals surface area contributed by atoms with Crippen LogP contribution in [0.3, 0.4) is 0 Å². The van der Waals surface area contributed by atoms with Gasteiger partial charge in [-0.2, -0.15) is 0 Å². The van der Waals surface area contributed by atoms with E-state index in [1.54, 1.807) is 60.7 Å². The second kappa shape index (κ2) is 9.89. The first-order chi connectivity index (χ1) is 14.5. The highest BCUT2D eigenvalue weighted by molar-refractivity contribution is 9.10. The van der Waals surface area contributed by atoms with Gasteiger partial charge in [-0.1, -0.05) is 34.1 Å². The molecule has 0 saturated carbocycles. The minimum absolute atomic E-state index is 0.0912. The van der Waals surface area contributed by atoms with Crippen LogP contribution >= 0.6 is 15.9 Å². The summed E-state index contributed by atoms with van der Waals surface area (Å²) in [6.45, 7) is 0. The first-order valence-corrected chi connectivity index (χ1v) is 9.81. The normalized spacial score (nSPS) is 10.6. The van der Waals surface area contributed by atoms with Gasteiger partial charge in [0, 0.05) is 10.0 Å². The SMILES string of the molecule is COc1ccc(C(=O)Oc2ccc(/C=C/C(=O)c3ccc(Br)cc3)cc2)cc1OC. The molecule has 0 spiro atoms. The van der Waals surface area contributed by atoms with Gasteiger partial charge in [-0.05, 0) is 66.2 Å². The zero-order chi connectivity index (χ0) is 21.5. The van der Waals surface area contributed by atoms with E-state index in [9.17, 15) is 9.59 Å². The van der Waals surface area contributed by atoms with Gasteiger partial charge in [0.25, 0.3) is 0 Å². The summed E-state index contributed by atoms with van der Waals surface area (Å²) in [7, 11) is 3.03. The monoisotopic (exact) mass is 466 g/mol. The fourth-order valence-electron chi connectivity index (χ4n) is 2.66. The number of rotatable bonds is 7. The summed E-state index contributed by atoms with van der Waals surface area (Å²) in [4.78, 5) is 24.6. The number of halogens is 1. The lowest BCUT2D eigenvalue weighted by molar-refractivity contribution is 0.0734. The number of methoxy groups -OCH3 is 2. The maximum absolute atomic E-state index is 12.4. The Morgan fingerprint density at radius 2 is 1.43 bits per heavy atom. The molecule has 0 heterocycles. The molecule has 0 saturated heterocycles. The molecule has 0 atom stereocenters. The van der Waals surface area contributed by atoms with Crippen LogP contribution in [0.25, 0.3) is 6.08 Å². The summed E-state index contributed by atoms with van der Waals surface area (Å²) >= 11 is 3.35. The van der Waals surface area contributed by atoms with Crippen molar-refractivity contribution in [1.82, 2.24) is 0 Å². The van der Waals surface area contributed by atoms with Crippen LogP contribution in [0.5, 0.6) is 17.2 Å². The minimum atomic E-state index is -0.510. The molecule has 152 valence electrons. The van der Waals surface area contributed by atoms with E-state index in [-0.39, 0.29) is 5.78 Å². The lowest BCUT2D eigenvalue weighted by Gasteiger charge is -2.09. The maximum atomic E-state index is 12.4. The van der Waals surface area contributed by atoms with Gasteiger partial charge in [-0.3, -0.25) is 4.79 Å². The number of carbonyl (C=O) groups is 2. The van der Waals surface area contributed by atoms with Gasteiger partial charge in [0.05, 0.1) is 19.8 Å². The Morgan fingerprint density at radius 3 is 2.07 bits per heavy atom. The summed E-state index contributed by atoms with van der Waals surface area (Å²) in [6.07, 6.45) is 3.22. The Labute approximate surface area is 183 Å². The van der Waals surface area contributed by atoms with E-state index in [1.807, 2.05) is 12.1 Å². The number of carbonyl (C=O) groups excluding carboxylic acids is 2. The number of ether oxygens (including phenoxy) is 3. The van der Waals surface area contributed by atoms with Crippen LogP contribution in [0.15, 0.2) is 77.3 Å². The van der Waals surface area contributed by atoms with Crippen LogP contribution in [-0.4, -0.2) is 26.0 Å². The van der Waals surface area contributed by atoms with Crippen molar-refractivity contribution in [1.29, 1.82) is 0 Å². The number of ketones is 1. The Kier molecular flexibility index (Phi) is 7.03. The number of esters is 1. The molecule has 30 heavy (non-hydrogen) atoms. The molecule has 0 N–H and O–H groups in total.